The fraction of sp³-hybridized carbons (Fsp3) is 0.350. The third-order valence-corrected chi connectivity index (χ3v) is 6.29. The van der Waals surface area contributed by atoms with Crippen LogP contribution in [0.5, 0.6) is 0 Å². The number of nitroso groups, excluding NO2 is 1. The molecule has 1 aliphatic heterocycles. The van der Waals surface area contributed by atoms with E-state index in [4.69, 9.17) is 9.72 Å². The molecule has 0 bridgehead atoms. The highest BCUT2D eigenvalue weighted by atomic mass is 32.1. The van der Waals surface area contributed by atoms with Crippen LogP contribution in [-0.4, -0.2) is 28.2 Å². The van der Waals surface area contributed by atoms with Crippen LogP contribution in [0.25, 0.3) is 21.8 Å². The van der Waals surface area contributed by atoms with E-state index < -0.39 is 11.5 Å². The number of ether oxygens (including phenoxy) is 1. The second-order valence-electron chi connectivity index (χ2n) is 6.98. The molecule has 156 valence electrons. The van der Waals surface area contributed by atoms with Crippen LogP contribution in [0.4, 0.5) is 10.1 Å². The maximum atomic E-state index is 15.1. The third-order valence-electron chi connectivity index (χ3n) is 5.03. The minimum absolute atomic E-state index is 0.0365. The van der Waals surface area contributed by atoms with E-state index in [1.165, 1.54) is 23.6 Å². The molecule has 1 aliphatic rings. The topological polar surface area (TPSA) is 109 Å². The molecule has 3 aromatic rings. The van der Waals surface area contributed by atoms with Crippen LogP contribution in [0, 0.1) is 10.7 Å². The smallest absolute Gasteiger partial charge is 0.345 e. The summed E-state index contributed by atoms with van der Waals surface area (Å²) in [4.78, 5) is 34.2. The number of rotatable bonds is 5. The molecule has 1 atom stereocenters. The average Bonchev–Trinajstić information content (AvgIpc) is 3.14. The Bertz CT molecular complexity index is 1090. The molecule has 1 unspecified atom stereocenters. The first-order chi connectivity index (χ1) is 14.7. The normalized spacial score (nSPS) is 17.2. The molecule has 0 spiro atoms. The van der Waals surface area contributed by atoms with Crippen LogP contribution in [0.2, 0.25) is 0 Å². The van der Waals surface area contributed by atoms with Gasteiger partial charge in [-0.15, -0.1) is 16.2 Å². The van der Waals surface area contributed by atoms with Gasteiger partial charge in [0.2, 0.25) is 0 Å². The first-order valence-corrected chi connectivity index (χ1v) is 10.5. The van der Waals surface area contributed by atoms with Crippen molar-refractivity contribution in [1.82, 2.24) is 15.0 Å². The molecule has 0 aliphatic carbocycles. The van der Waals surface area contributed by atoms with Crippen molar-refractivity contribution in [3.63, 3.8) is 0 Å². The minimum Gasteiger partial charge on any atom is -0.381 e. The van der Waals surface area contributed by atoms with Gasteiger partial charge >= 0.3 is 5.69 Å². The first kappa shape index (κ1) is 20.3. The Balaban J connectivity index is 1.84. The second-order valence-corrected chi connectivity index (χ2v) is 8.01. The van der Waals surface area contributed by atoms with Gasteiger partial charge in [0.05, 0.1) is 32.2 Å². The van der Waals surface area contributed by atoms with Gasteiger partial charge in [0.1, 0.15) is 0 Å². The Morgan fingerprint density at radius 2 is 2.13 bits per heavy atom. The zero-order valence-corrected chi connectivity index (χ0v) is 16.9. The van der Waals surface area contributed by atoms with Crippen molar-refractivity contribution in [2.45, 2.75) is 31.6 Å². The fourth-order valence-electron chi connectivity index (χ4n) is 3.54. The number of nitrogens with one attached hydrogen (secondary N) is 2. The molecule has 2 aromatic heterocycles. The number of thiazole rings is 1. The highest BCUT2D eigenvalue weighted by Gasteiger charge is 2.24. The Morgan fingerprint density at radius 3 is 2.97 bits per heavy atom. The maximum Gasteiger partial charge on any atom is 0.345 e. The average molecular weight is 429 g/mol. The van der Waals surface area contributed by atoms with E-state index in [1.54, 1.807) is 18.2 Å². The molecule has 2 N–H and O–H groups in total. The Labute approximate surface area is 175 Å². The van der Waals surface area contributed by atoms with Crippen LogP contribution < -0.4 is 11.1 Å². The standard InChI is InChI=1S/C20H20FN5O3S/c21-16-13(5-3-6-14(16)25-26-28)17-18(15-7-9-22-20(27)23-15)30-19(24-17)12-4-1-2-10-29-11-8-12/h3,5-7,9,12H,1-2,4,8,10-11H2,(H,25,28)(H,22,23,27). The van der Waals surface area contributed by atoms with E-state index in [9.17, 15) is 9.70 Å². The van der Waals surface area contributed by atoms with Crippen LogP contribution in [0.15, 0.2) is 40.5 Å². The lowest BCUT2D eigenvalue weighted by Gasteiger charge is -2.17. The fourth-order valence-corrected chi connectivity index (χ4v) is 4.77. The molecule has 8 nitrogen and oxygen atoms in total. The molecule has 0 saturated carbocycles. The first-order valence-electron chi connectivity index (χ1n) is 9.69. The summed E-state index contributed by atoms with van der Waals surface area (Å²) in [6.45, 7) is 1.43. The van der Waals surface area contributed by atoms with Crippen LogP contribution in [0.3, 0.4) is 0 Å². The molecule has 1 aromatic carbocycles. The van der Waals surface area contributed by atoms with Crippen molar-refractivity contribution >= 4 is 17.0 Å². The summed E-state index contributed by atoms with van der Waals surface area (Å²) in [7, 11) is 0. The highest BCUT2D eigenvalue weighted by Crippen LogP contribution is 2.42. The van der Waals surface area contributed by atoms with Gasteiger partial charge in [-0.1, -0.05) is 12.5 Å². The summed E-state index contributed by atoms with van der Waals surface area (Å²) < 4.78 is 20.7. The number of nitrogens with zero attached hydrogens (tertiary/aromatic N) is 3. The number of halogens is 1. The summed E-state index contributed by atoms with van der Waals surface area (Å²) in [5.74, 6) is -0.440. The second kappa shape index (κ2) is 9.23. The Hall–Kier alpha value is -2.98. The van der Waals surface area contributed by atoms with Crippen molar-refractivity contribution in [3.8, 4) is 21.8 Å². The van der Waals surface area contributed by atoms with Gasteiger partial charge in [-0.2, -0.15) is 0 Å². The minimum atomic E-state index is -0.632. The molecule has 1 saturated heterocycles. The molecule has 0 amide bonds. The van der Waals surface area contributed by atoms with Crippen LogP contribution in [0.1, 0.15) is 36.6 Å². The van der Waals surface area contributed by atoms with Crippen molar-refractivity contribution in [1.29, 1.82) is 0 Å². The van der Waals surface area contributed by atoms with Gasteiger partial charge in [0.15, 0.2) is 5.82 Å². The van der Waals surface area contributed by atoms with Gasteiger partial charge in [0.25, 0.3) is 0 Å². The number of benzene rings is 1. The number of hydrogen-bond donors (Lipinski definition) is 2. The molecule has 3 heterocycles. The SMILES string of the molecule is O=NNc1cccc(-c2nc(C3CCCCOCC3)sc2-c2ccnc(=O)[nH]2)c1F. The molecule has 30 heavy (non-hydrogen) atoms. The number of anilines is 1. The summed E-state index contributed by atoms with van der Waals surface area (Å²) in [5.41, 5.74) is 2.75. The van der Waals surface area contributed by atoms with Gasteiger partial charge < -0.3 is 9.72 Å². The van der Waals surface area contributed by atoms with E-state index in [-0.39, 0.29) is 17.2 Å². The molecule has 10 heteroatoms. The largest absolute Gasteiger partial charge is 0.381 e. The molecule has 4 rings (SSSR count). The van der Waals surface area contributed by atoms with Crippen molar-refractivity contribution in [3.05, 3.63) is 56.7 Å². The number of aromatic amines is 1. The number of H-pyrrole nitrogens is 1. The zero-order chi connectivity index (χ0) is 20.9. The van der Waals surface area contributed by atoms with Crippen molar-refractivity contribution < 1.29 is 9.13 Å². The number of aromatic nitrogens is 3. The Kier molecular flexibility index (Phi) is 6.24. The molecular formula is C20H20FN5O3S. The van der Waals surface area contributed by atoms with E-state index in [1.807, 2.05) is 0 Å². The van der Waals surface area contributed by atoms with Gasteiger partial charge in [0, 0.05) is 30.9 Å². The van der Waals surface area contributed by atoms with Crippen LogP contribution >= 0.6 is 11.3 Å². The molecule has 0 radical (unpaired) electrons. The predicted molar refractivity (Wildman–Crippen MR) is 113 cm³/mol. The lowest BCUT2D eigenvalue weighted by atomic mass is 9.98. The van der Waals surface area contributed by atoms with Gasteiger partial charge in [-0.3, -0.25) is 0 Å². The van der Waals surface area contributed by atoms with E-state index in [2.05, 4.69) is 20.7 Å². The quantitative estimate of drug-likeness (QED) is 0.458. The summed E-state index contributed by atoms with van der Waals surface area (Å²) in [6, 6.07) is 6.30. The summed E-state index contributed by atoms with van der Waals surface area (Å²) in [6.07, 6.45) is 5.24. The predicted octanol–water partition coefficient (Wildman–Crippen LogP) is 4.47. The van der Waals surface area contributed by atoms with Gasteiger partial charge in [-0.25, -0.2) is 24.6 Å². The monoisotopic (exact) mass is 429 g/mol. The van der Waals surface area contributed by atoms with Crippen molar-refractivity contribution in [2.24, 2.45) is 5.29 Å². The maximum absolute atomic E-state index is 15.1. The Morgan fingerprint density at radius 1 is 1.23 bits per heavy atom. The summed E-state index contributed by atoms with van der Waals surface area (Å²) in [5, 5.41) is 3.43. The third kappa shape index (κ3) is 4.29. The van der Waals surface area contributed by atoms with E-state index in [0.717, 1.165) is 37.3 Å². The molecule has 1 fully saturated rings. The lowest BCUT2D eigenvalue weighted by molar-refractivity contribution is 0.111. The van der Waals surface area contributed by atoms with E-state index >= 15 is 4.39 Å². The van der Waals surface area contributed by atoms with Crippen LogP contribution in [-0.2, 0) is 4.74 Å². The molecular weight excluding hydrogens is 409 g/mol. The number of hydrogen-bond acceptors (Lipinski definition) is 7. The lowest BCUT2D eigenvalue weighted by Crippen LogP contribution is -2.09. The summed E-state index contributed by atoms with van der Waals surface area (Å²) >= 11 is 1.43. The zero-order valence-electron chi connectivity index (χ0n) is 16.1. The highest BCUT2D eigenvalue weighted by molar-refractivity contribution is 7.15. The van der Waals surface area contributed by atoms with E-state index in [0.29, 0.717) is 22.9 Å². The van der Waals surface area contributed by atoms with Crippen molar-refractivity contribution in [2.75, 3.05) is 18.6 Å². The van der Waals surface area contributed by atoms with Gasteiger partial charge in [-0.05, 0) is 37.5 Å².